The molecule has 86 valence electrons. The Labute approximate surface area is 102 Å². The lowest BCUT2D eigenvalue weighted by atomic mass is 10.1. The second-order valence-corrected chi connectivity index (χ2v) is 3.78. The molecular formula is C9H9Cl2N3O2. The highest BCUT2D eigenvalue weighted by molar-refractivity contribution is 6.42. The lowest BCUT2D eigenvalue weighted by Crippen LogP contribution is -2.45. The normalized spacial score (nSPS) is 9.62. The summed E-state index contributed by atoms with van der Waals surface area (Å²) in [7, 11) is 0. The zero-order valence-electron chi connectivity index (χ0n) is 8.09. The monoisotopic (exact) mass is 261 g/mol. The van der Waals surface area contributed by atoms with Crippen LogP contribution in [0.1, 0.15) is 5.56 Å². The van der Waals surface area contributed by atoms with Crippen LogP contribution in [0.3, 0.4) is 0 Å². The van der Waals surface area contributed by atoms with Crippen molar-refractivity contribution in [3.8, 4) is 0 Å². The van der Waals surface area contributed by atoms with Crippen molar-refractivity contribution in [2.75, 3.05) is 0 Å². The molecular weight excluding hydrogens is 253 g/mol. The summed E-state index contributed by atoms with van der Waals surface area (Å²) in [5, 5.41) is 0.788. The van der Waals surface area contributed by atoms with Gasteiger partial charge in [-0.15, -0.1) is 0 Å². The summed E-state index contributed by atoms with van der Waals surface area (Å²) in [5.74, 6) is -0.405. The van der Waals surface area contributed by atoms with Crippen LogP contribution >= 0.6 is 23.2 Å². The van der Waals surface area contributed by atoms with Gasteiger partial charge in [-0.25, -0.2) is 10.2 Å². The van der Waals surface area contributed by atoms with Gasteiger partial charge >= 0.3 is 6.03 Å². The number of nitrogens with two attached hydrogens (primary N) is 1. The van der Waals surface area contributed by atoms with Crippen molar-refractivity contribution in [3.05, 3.63) is 33.8 Å². The van der Waals surface area contributed by atoms with Gasteiger partial charge in [0, 0.05) is 0 Å². The number of rotatable bonds is 2. The maximum atomic E-state index is 11.3. The third-order valence-corrected chi connectivity index (χ3v) is 2.41. The topological polar surface area (TPSA) is 84.2 Å². The second kappa shape index (κ2) is 5.58. The van der Waals surface area contributed by atoms with Crippen LogP contribution in [0.25, 0.3) is 0 Å². The Kier molecular flexibility index (Phi) is 4.39. The van der Waals surface area contributed by atoms with Crippen LogP contribution in [-0.4, -0.2) is 11.9 Å². The van der Waals surface area contributed by atoms with Gasteiger partial charge in [-0.1, -0.05) is 29.3 Å². The summed E-state index contributed by atoms with van der Waals surface area (Å²) in [6.07, 6.45) is 0.0666. The SMILES string of the molecule is NC(=O)NNC(=O)Cc1ccc(Cl)c(Cl)c1. The molecule has 0 saturated carbocycles. The molecule has 5 nitrogen and oxygen atoms in total. The van der Waals surface area contributed by atoms with Gasteiger partial charge in [0.2, 0.25) is 5.91 Å². The molecule has 0 unspecified atom stereocenters. The van der Waals surface area contributed by atoms with Crippen LogP contribution in [0.2, 0.25) is 10.0 Å². The Morgan fingerprint density at radius 1 is 1.19 bits per heavy atom. The highest BCUT2D eigenvalue weighted by atomic mass is 35.5. The van der Waals surface area contributed by atoms with Crippen LogP contribution in [-0.2, 0) is 11.2 Å². The predicted molar refractivity (Wildman–Crippen MR) is 61.0 cm³/mol. The van der Waals surface area contributed by atoms with Crippen molar-refractivity contribution >= 4 is 35.1 Å². The van der Waals surface area contributed by atoms with Gasteiger partial charge in [-0.2, -0.15) is 0 Å². The van der Waals surface area contributed by atoms with Crippen LogP contribution in [0.4, 0.5) is 4.79 Å². The first-order valence-electron chi connectivity index (χ1n) is 4.27. The Bertz CT molecular complexity index is 423. The molecule has 7 heteroatoms. The van der Waals surface area contributed by atoms with Crippen molar-refractivity contribution in [3.63, 3.8) is 0 Å². The highest BCUT2D eigenvalue weighted by Crippen LogP contribution is 2.22. The van der Waals surface area contributed by atoms with E-state index in [2.05, 4.69) is 5.43 Å². The first-order chi connectivity index (χ1) is 7.49. The van der Waals surface area contributed by atoms with Crippen LogP contribution in [0, 0.1) is 0 Å². The number of hydrogen-bond donors (Lipinski definition) is 3. The summed E-state index contributed by atoms with van der Waals surface area (Å²) in [6.45, 7) is 0. The van der Waals surface area contributed by atoms with Crippen molar-refractivity contribution in [2.45, 2.75) is 6.42 Å². The van der Waals surface area contributed by atoms with Gasteiger partial charge in [-0.3, -0.25) is 10.2 Å². The van der Waals surface area contributed by atoms with Gasteiger partial charge in [0.05, 0.1) is 16.5 Å². The minimum Gasteiger partial charge on any atom is -0.350 e. The molecule has 3 amide bonds. The first-order valence-corrected chi connectivity index (χ1v) is 5.03. The van der Waals surface area contributed by atoms with Crippen molar-refractivity contribution in [2.24, 2.45) is 5.73 Å². The first kappa shape index (κ1) is 12.6. The molecule has 0 heterocycles. The quantitative estimate of drug-likeness (QED) is 0.700. The number of amides is 3. The summed E-state index contributed by atoms with van der Waals surface area (Å²) >= 11 is 11.5. The van der Waals surface area contributed by atoms with E-state index < -0.39 is 11.9 Å². The molecule has 0 aliphatic carbocycles. The zero-order chi connectivity index (χ0) is 12.1. The molecule has 1 rings (SSSR count). The third-order valence-electron chi connectivity index (χ3n) is 1.67. The van der Waals surface area contributed by atoms with Crippen LogP contribution in [0.5, 0.6) is 0 Å². The molecule has 0 aromatic heterocycles. The number of urea groups is 1. The molecule has 0 fully saturated rings. The zero-order valence-corrected chi connectivity index (χ0v) is 9.60. The third kappa shape index (κ3) is 3.96. The lowest BCUT2D eigenvalue weighted by Gasteiger charge is -2.05. The Morgan fingerprint density at radius 2 is 1.88 bits per heavy atom. The number of carbonyl (C=O) groups is 2. The van der Waals surface area contributed by atoms with E-state index in [9.17, 15) is 9.59 Å². The molecule has 0 atom stereocenters. The number of hydrazine groups is 1. The summed E-state index contributed by atoms with van der Waals surface area (Å²) < 4.78 is 0. The maximum Gasteiger partial charge on any atom is 0.330 e. The number of halogens is 2. The second-order valence-electron chi connectivity index (χ2n) is 2.96. The average molecular weight is 262 g/mol. The molecule has 16 heavy (non-hydrogen) atoms. The van der Waals surface area contributed by atoms with E-state index in [1.165, 1.54) is 0 Å². The minimum absolute atomic E-state index is 0.0666. The van der Waals surface area contributed by atoms with E-state index in [0.29, 0.717) is 15.6 Å². The molecule has 0 aliphatic rings. The number of primary amides is 1. The smallest absolute Gasteiger partial charge is 0.330 e. The van der Waals surface area contributed by atoms with Gasteiger partial charge < -0.3 is 5.73 Å². The number of benzene rings is 1. The van der Waals surface area contributed by atoms with Crippen molar-refractivity contribution in [1.82, 2.24) is 10.9 Å². The minimum atomic E-state index is -0.831. The maximum absolute atomic E-state index is 11.3. The molecule has 1 aromatic rings. The number of carbonyl (C=O) groups excluding carboxylic acids is 2. The summed E-state index contributed by atoms with van der Waals surface area (Å²) in [4.78, 5) is 21.6. The largest absolute Gasteiger partial charge is 0.350 e. The van der Waals surface area contributed by atoms with Crippen molar-refractivity contribution in [1.29, 1.82) is 0 Å². The standard InChI is InChI=1S/C9H9Cl2N3O2/c10-6-2-1-5(3-7(6)11)4-8(15)13-14-9(12)16/h1-3H,4H2,(H,13,15)(H3,12,14,16). The molecule has 0 spiro atoms. The van der Waals surface area contributed by atoms with E-state index in [1.54, 1.807) is 18.2 Å². The predicted octanol–water partition coefficient (Wildman–Crippen LogP) is 1.24. The number of hydrogen-bond acceptors (Lipinski definition) is 2. The molecule has 4 N–H and O–H groups in total. The Balaban J connectivity index is 2.56. The van der Waals surface area contributed by atoms with E-state index in [4.69, 9.17) is 28.9 Å². The van der Waals surface area contributed by atoms with E-state index in [0.717, 1.165) is 0 Å². The van der Waals surface area contributed by atoms with Crippen molar-refractivity contribution < 1.29 is 9.59 Å². The van der Waals surface area contributed by atoms with Gasteiger partial charge in [0.25, 0.3) is 0 Å². The molecule has 0 aliphatic heterocycles. The highest BCUT2D eigenvalue weighted by Gasteiger charge is 2.05. The molecule has 0 saturated heterocycles. The lowest BCUT2D eigenvalue weighted by molar-refractivity contribution is -0.121. The van der Waals surface area contributed by atoms with Gasteiger partial charge in [0.1, 0.15) is 0 Å². The van der Waals surface area contributed by atoms with Gasteiger partial charge in [0.15, 0.2) is 0 Å². The fourth-order valence-electron chi connectivity index (χ4n) is 1.01. The molecule has 0 bridgehead atoms. The molecule has 0 radical (unpaired) electrons. The fraction of sp³-hybridized carbons (Fsp3) is 0.111. The Hall–Kier alpha value is -1.46. The van der Waals surface area contributed by atoms with E-state index in [-0.39, 0.29) is 6.42 Å². The summed E-state index contributed by atoms with van der Waals surface area (Å²) in [5.41, 5.74) is 9.55. The molecule has 1 aromatic carbocycles. The average Bonchev–Trinajstić information content (AvgIpc) is 2.21. The van der Waals surface area contributed by atoms with E-state index >= 15 is 0 Å². The van der Waals surface area contributed by atoms with Gasteiger partial charge in [-0.05, 0) is 17.7 Å². The van der Waals surface area contributed by atoms with Crippen LogP contribution < -0.4 is 16.6 Å². The van der Waals surface area contributed by atoms with Crippen LogP contribution in [0.15, 0.2) is 18.2 Å². The summed E-state index contributed by atoms with van der Waals surface area (Å²) in [6, 6.07) is 4.00. The fourth-order valence-corrected chi connectivity index (χ4v) is 1.33. The van der Waals surface area contributed by atoms with E-state index in [1.807, 2.05) is 5.43 Å². The number of nitrogens with one attached hydrogen (secondary N) is 2. The Morgan fingerprint density at radius 3 is 2.44 bits per heavy atom.